The van der Waals surface area contributed by atoms with E-state index in [1.807, 2.05) is 0 Å². The van der Waals surface area contributed by atoms with E-state index in [1.165, 1.54) is 33.2 Å². The predicted octanol–water partition coefficient (Wildman–Crippen LogP) is 7.17. The molecule has 3 aromatic carbocycles. The number of para-hydroxylation sites is 1. The van der Waals surface area contributed by atoms with Crippen molar-refractivity contribution in [3.63, 3.8) is 0 Å². The summed E-state index contributed by atoms with van der Waals surface area (Å²) in [5.41, 5.74) is 10.7. The summed E-state index contributed by atoms with van der Waals surface area (Å²) < 4.78 is 8.92. The summed E-state index contributed by atoms with van der Waals surface area (Å²) in [6, 6.07) is 24.2. The van der Waals surface area contributed by atoms with Crippen LogP contribution < -0.4 is 9.47 Å². The molecule has 3 nitrogen and oxygen atoms in total. The van der Waals surface area contributed by atoms with Gasteiger partial charge in [-0.3, -0.25) is 0 Å². The smallest absolute Gasteiger partial charge is 0.216 e. The molecule has 0 saturated carbocycles. The summed E-state index contributed by atoms with van der Waals surface area (Å²) >= 11 is 0. The second kappa shape index (κ2) is 7.46. The summed E-state index contributed by atoms with van der Waals surface area (Å²) in [6.45, 7) is 7.98. The minimum Gasteiger partial charge on any atom is -0.454 e. The minimum absolute atomic E-state index is 0.159. The molecule has 6 rings (SSSR count). The lowest BCUT2D eigenvalue weighted by atomic mass is 9.77. The molecule has 0 fully saturated rings. The van der Waals surface area contributed by atoms with Gasteiger partial charge in [0, 0.05) is 47.7 Å². The van der Waals surface area contributed by atoms with Crippen molar-refractivity contribution in [2.24, 2.45) is 7.05 Å². The number of benzene rings is 3. The van der Waals surface area contributed by atoms with Crippen molar-refractivity contribution in [1.82, 2.24) is 0 Å². The number of aromatic nitrogens is 1. The number of hydrogen-bond acceptors (Lipinski definition) is 2. The number of rotatable bonds is 2. The number of aryl methyl sites for hydroxylation is 2. The molecular formula is C31H31N2O+. The number of fused-ring (bicyclic) bond motifs is 4. The zero-order valence-corrected chi connectivity index (χ0v) is 20.6. The van der Waals surface area contributed by atoms with Crippen molar-refractivity contribution in [3.05, 3.63) is 84.1 Å². The highest BCUT2D eigenvalue weighted by molar-refractivity contribution is 6.13. The van der Waals surface area contributed by atoms with Crippen molar-refractivity contribution >= 4 is 27.6 Å². The number of nitrogens with zero attached hydrogens (tertiary/aromatic N) is 2. The molecule has 0 saturated heterocycles. The Hall–Kier alpha value is -3.59. The van der Waals surface area contributed by atoms with E-state index in [0.29, 0.717) is 0 Å². The van der Waals surface area contributed by atoms with Gasteiger partial charge in [0.15, 0.2) is 6.20 Å². The van der Waals surface area contributed by atoms with E-state index in [4.69, 9.17) is 4.42 Å². The van der Waals surface area contributed by atoms with Gasteiger partial charge in [-0.1, -0.05) is 50.2 Å². The summed E-state index contributed by atoms with van der Waals surface area (Å²) in [4.78, 5) is 2.38. The molecule has 34 heavy (non-hydrogen) atoms. The van der Waals surface area contributed by atoms with Crippen LogP contribution in [0.2, 0.25) is 0 Å². The maximum absolute atomic E-state index is 6.75. The molecule has 1 aliphatic rings. The van der Waals surface area contributed by atoms with Gasteiger partial charge in [-0.25, -0.2) is 4.57 Å². The van der Waals surface area contributed by atoms with Crippen molar-refractivity contribution in [3.8, 4) is 22.4 Å². The van der Waals surface area contributed by atoms with Gasteiger partial charge in [-0.15, -0.1) is 0 Å². The molecule has 0 bridgehead atoms. The van der Waals surface area contributed by atoms with Gasteiger partial charge >= 0.3 is 0 Å². The third kappa shape index (κ3) is 3.07. The topological polar surface area (TPSA) is 20.3 Å². The first kappa shape index (κ1) is 21.0. The van der Waals surface area contributed by atoms with E-state index in [2.05, 4.69) is 117 Å². The Morgan fingerprint density at radius 3 is 2.56 bits per heavy atom. The van der Waals surface area contributed by atoms with E-state index < -0.39 is 0 Å². The fourth-order valence-electron chi connectivity index (χ4n) is 5.57. The monoisotopic (exact) mass is 447 g/mol. The van der Waals surface area contributed by atoms with Crippen LogP contribution in [0.1, 0.15) is 31.4 Å². The highest BCUT2D eigenvalue weighted by atomic mass is 16.3. The molecule has 170 valence electrons. The van der Waals surface area contributed by atoms with Gasteiger partial charge < -0.3 is 9.32 Å². The molecule has 3 heterocycles. The molecule has 1 aliphatic heterocycles. The van der Waals surface area contributed by atoms with Crippen LogP contribution in [-0.4, -0.2) is 13.6 Å². The number of anilines is 1. The number of furan rings is 1. The Labute approximate surface area is 201 Å². The maximum Gasteiger partial charge on any atom is 0.216 e. The highest BCUT2D eigenvalue weighted by Gasteiger charge is 2.30. The van der Waals surface area contributed by atoms with Crippen LogP contribution >= 0.6 is 0 Å². The van der Waals surface area contributed by atoms with Crippen LogP contribution in [0.25, 0.3) is 44.3 Å². The van der Waals surface area contributed by atoms with E-state index in [9.17, 15) is 0 Å². The molecule has 0 amide bonds. The quantitative estimate of drug-likeness (QED) is 0.267. The Morgan fingerprint density at radius 2 is 1.74 bits per heavy atom. The van der Waals surface area contributed by atoms with Crippen molar-refractivity contribution in [2.75, 3.05) is 18.5 Å². The molecule has 3 heteroatoms. The van der Waals surface area contributed by atoms with E-state index >= 15 is 0 Å². The number of pyridine rings is 1. The Kier molecular flexibility index (Phi) is 4.60. The molecule has 5 aromatic rings. The highest BCUT2D eigenvalue weighted by Crippen LogP contribution is 2.44. The summed E-state index contributed by atoms with van der Waals surface area (Å²) in [7, 11) is 4.29. The molecule has 0 N–H and O–H groups in total. The first-order valence-corrected chi connectivity index (χ1v) is 12.1. The molecule has 0 radical (unpaired) electrons. The van der Waals surface area contributed by atoms with Crippen molar-refractivity contribution in [2.45, 2.75) is 32.6 Å². The van der Waals surface area contributed by atoms with Crippen LogP contribution in [0, 0.1) is 6.92 Å². The van der Waals surface area contributed by atoms with Gasteiger partial charge in [0.2, 0.25) is 5.69 Å². The Balaban J connectivity index is 1.62. The molecule has 0 aliphatic carbocycles. The largest absolute Gasteiger partial charge is 0.454 e. The Morgan fingerprint density at radius 1 is 0.912 bits per heavy atom. The summed E-state index contributed by atoms with van der Waals surface area (Å²) in [5.74, 6) is 0. The lowest BCUT2D eigenvalue weighted by molar-refractivity contribution is -0.660. The van der Waals surface area contributed by atoms with E-state index in [0.717, 1.165) is 41.0 Å². The summed E-state index contributed by atoms with van der Waals surface area (Å²) in [5, 5.41) is 2.33. The average molecular weight is 448 g/mol. The predicted molar refractivity (Wildman–Crippen MR) is 141 cm³/mol. The second-order valence-corrected chi connectivity index (χ2v) is 10.4. The normalized spacial score (nSPS) is 15.1. The van der Waals surface area contributed by atoms with Crippen molar-refractivity contribution < 1.29 is 8.98 Å². The van der Waals surface area contributed by atoms with Crippen LogP contribution in [0.15, 0.2) is 77.3 Å². The van der Waals surface area contributed by atoms with Crippen LogP contribution in [-0.2, 0) is 12.5 Å². The standard InChI is InChI=1S/C31H31N2O/c1-20-12-14-24-23-10-8-9-22(21-13-15-26-25(19-21)31(2,3)16-18-33(26)5)29(23)34-30(24)28(20)27-11-6-7-17-32(27)4/h6-15,17,19H,16,18H2,1-5H3/q+1. The fraction of sp³-hybridized carbons (Fsp3) is 0.258. The van der Waals surface area contributed by atoms with E-state index in [1.54, 1.807) is 0 Å². The molecule has 0 spiro atoms. The minimum atomic E-state index is 0.159. The summed E-state index contributed by atoms with van der Waals surface area (Å²) in [6.07, 6.45) is 3.25. The first-order chi connectivity index (χ1) is 16.3. The van der Waals surface area contributed by atoms with Crippen LogP contribution in [0.4, 0.5) is 5.69 Å². The van der Waals surface area contributed by atoms with Gasteiger partial charge in [-0.05, 0) is 53.6 Å². The fourth-order valence-corrected chi connectivity index (χ4v) is 5.57. The first-order valence-electron chi connectivity index (χ1n) is 12.1. The lowest BCUT2D eigenvalue weighted by Gasteiger charge is -2.38. The van der Waals surface area contributed by atoms with Gasteiger partial charge in [-0.2, -0.15) is 0 Å². The second-order valence-electron chi connectivity index (χ2n) is 10.4. The maximum atomic E-state index is 6.75. The van der Waals surface area contributed by atoms with Crippen LogP contribution in [0.3, 0.4) is 0 Å². The van der Waals surface area contributed by atoms with Gasteiger partial charge in [0.25, 0.3) is 0 Å². The molecule has 0 atom stereocenters. The number of hydrogen-bond donors (Lipinski definition) is 0. The molecule has 0 unspecified atom stereocenters. The SMILES string of the molecule is Cc1ccc2c(oc3c(-c4ccc5c(c4)C(C)(C)CCN5C)cccc32)c1-c1cccc[n+]1C. The molecular weight excluding hydrogens is 416 g/mol. The third-order valence-electron chi connectivity index (χ3n) is 7.71. The van der Waals surface area contributed by atoms with Crippen molar-refractivity contribution in [1.29, 1.82) is 0 Å². The zero-order chi connectivity index (χ0) is 23.6. The molecule has 2 aromatic heterocycles. The third-order valence-corrected chi connectivity index (χ3v) is 7.71. The average Bonchev–Trinajstić information content (AvgIpc) is 3.21. The van der Waals surface area contributed by atoms with E-state index in [-0.39, 0.29) is 5.41 Å². The lowest BCUT2D eigenvalue weighted by Crippen LogP contribution is -2.34. The van der Waals surface area contributed by atoms with Gasteiger partial charge in [0.1, 0.15) is 18.2 Å². The van der Waals surface area contributed by atoms with Gasteiger partial charge in [0.05, 0.1) is 5.56 Å². The Bertz CT molecular complexity index is 1570. The zero-order valence-electron chi connectivity index (χ0n) is 20.6. The van der Waals surface area contributed by atoms with Crippen LogP contribution in [0.5, 0.6) is 0 Å².